The van der Waals surface area contributed by atoms with Crippen molar-refractivity contribution in [1.29, 1.82) is 0 Å². The molecule has 0 saturated carbocycles. The van der Waals surface area contributed by atoms with E-state index in [1.807, 2.05) is 0 Å². The highest BCUT2D eigenvalue weighted by Gasteiger charge is 1.98. The van der Waals surface area contributed by atoms with Crippen LogP contribution in [-0.2, 0) is 0 Å². The summed E-state index contributed by atoms with van der Waals surface area (Å²) in [5.74, 6) is 0.206. The van der Waals surface area contributed by atoms with Crippen LogP contribution >= 0.6 is 11.6 Å². The van der Waals surface area contributed by atoms with Gasteiger partial charge in [0.1, 0.15) is 11.5 Å². The maximum atomic E-state index is 9.55. The van der Waals surface area contributed by atoms with Crippen LogP contribution in [0, 0.1) is 0 Å². The molecule has 0 spiro atoms. The van der Waals surface area contributed by atoms with Crippen LogP contribution in [0.5, 0.6) is 11.5 Å². The predicted octanol–water partition coefficient (Wildman–Crippen LogP) is 3.20. The number of phenolic OH excluding ortho intramolecular Hbond substituents is 2. The van der Waals surface area contributed by atoms with E-state index in [2.05, 4.69) is 10.2 Å². The van der Waals surface area contributed by atoms with Crippen molar-refractivity contribution < 1.29 is 10.2 Å². The number of halogens is 1. The second-order valence-electron chi connectivity index (χ2n) is 3.75. The lowest BCUT2D eigenvalue weighted by molar-refractivity contribution is 0.474. The van der Waals surface area contributed by atoms with Gasteiger partial charge in [0.15, 0.2) is 0 Å². The quantitative estimate of drug-likeness (QED) is 0.667. The summed E-state index contributed by atoms with van der Waals surface area (Å²) in [6.07, 6.45) is 2.81. The summed E-state index contributed by atoms with van der Waals surface area (Å²) in [6.45, 7) is 0. The van der Waals surface area contributed by atoms with Crippen molar-refractivity contribution in [2.45, 2.75) is 0 Å². The molecule has 4 nitrogen and oxygen atoms in total. The lowest BCUT2D eigenvalue weighted by atomic mass is 10.2. The molecule has 5 heteroatoms. The van der Waals surface area contributed by atoms with Gasteiger partial charge in [0.2, 0.25) is 0 Å². The molecule has 0 bridgehead atoms. The van der Waals surface area contributed by atoms with Gasteiger partial charge in [-0.2, -0.15) is 10.2 Å². The Balaban J connectivity index is 2.12. The Labute approximate surface area is 115 Å². The van der Waals surface area contributed by atoms with Crippen molar-refractivity contribution in [2.75, 3.05) is 0 Å². The fourth-order valence-electron chi connectivity index (χ4n) is 1.42. The van der Waals surface area contributed by atoms with Gasteiger partial charge in [0.25, 0.3) is 0 Å². The van der Waals surface area contributed by atoms with E-state index in [9.17, 15) is 10.2 Å². The molecular weight excluding hydrogens is 264 g/mol. The molecule has 2 N–H and O–H groups in total. The fraction of sp³-hybridized carbons (Fsp3) is 0. The monoisotopic (exact) mass is 274 g/mol. The third-order valence-corrected chi connectivity index (χ3v) is 2.62. The smallest absolute Gasteiger partial charge is 0.124 e. The normalized spacial score (nSPS) is 11.4. The number of para-hydroxylation sites is 1. The van der Waals surface area contributed by atoms with E-state index in [0.29, 0.717) is 16.1 Å². The highest BCUT2D eigenvalue weighted by atomic mass is 35.5. The van der Waals surface area contributed by atoms with Crippen LogP contribution < -0.4 is 0 Å². The van der Waals surface area contributed by atoms with Gasteiger partial charge in [-0.25, -0.2) is 0 Å². The van der Waals surface area contributed by atoms with Crippen LogP contribution in [0.3, 0.4) is 0 Å². The average Bonchev–Trinajstić information content (AvgIpc) is 2.40. The first kappa shape index (κ1) is 13.1. The Morgan fingerprint density at radius 1 is 0.842 bits per heavy atom. The van der Waals surface area contributed by atoms with Gasteiger partial charge < -0.3 is 10.2 Å². The second-order valence-corrected chi connectivity index (χ2v) is 4.19. The molecule has 19 heavy (non-hydrogen) atoms. The maximum Gasteiger partial charge on any atom is 0.124 e. The highest BCUT2D eigenvalue weighted by Crippen LogP contribution is 2.19. The molecule has 2 aromatic rings. The molecule has 0 aliphatic carbocycles. The zero-order valence-corrected chi connectivity index (χ0v) is 10.6. The minimum absolute atomic E-state index is 0.0749. The summed E-state index contributed by atoms with van der Waals surface area (Å²) in [4.78, 5) is 0. The summed E-state index contributed by atoms with van der Waals surface area (Å²) < 4.78 is 0. The van der Waals surface area contributed by atoms with E-state index in [4.69, 9.17) is 11.6 Å². The Kier molecular flexibility index (Phi) is 4.15. The summed E-state index contributed by atoms with van der Waals surface area (Å²) in [7, 11) is 0. The molecule has 0 aliphatic rings. The zero-order chi connectivity index (χ0) is 13.7. The molecule has 0 amide bonds. The van der Waals surface area contributed by atoms with E-state index in [1.165, 1.54) is 18.5 Å². The molecule has 0 aromatic heterocycles. The fourth-order valence-corrected chi connectivity index (χ4v) is 1.60. The molecule has 0 radical (unpaired) electrons. The number of aromatic hydroxyl groups is 2. The van der Waals surface area contributed by atoms with Gasteiger partial charge in [-0.1, -0.05) is 23.7 Å². The van der Waals surface area contributed by atoms with Crippen molar-refractivity contribution in [2.24, 2.45) is 10.2 Å². The van der Waals surface area contributed by atoms with Crippen LogP contribution in [0.4, 0.5) is 0 Å². The Morgan fingerprint density at radius 3 is 2.21 bits per heavy atom. The van der Waals surface area contributed by atoms with Gasteiger partial charge in [-0.15, -0.1) is 0 Å². The molecule has 0 unspecified atom stereocenters. The van der Waals surface area contributed by atoms with Gasteiger partial charge in [-0.3, -0.25) is 0 Å². The Hall–Kier alpha value is -2.33. The lowest BCUT2D eigenvalue weighted by Gasteiger charge is -1.97. The third kappa shape index (κ3) is 3.56. The molecule has 96 valence electrons. The van der Waals surface area contributed by atoms with E-state index >= 15 is 0 Å². The molecule has 0 heterocycles. The molecule has 0 fully saturated rings. The molecule has 0 aliphatic heterocycles. The Bertz CT molecular complexity index is 639. The van der Waals surface area contributed by atoms with Crippen LogP contribution in [0.1, 0.15) is 11.1 Å². The number of phenols is 2. The largest absolute Gasteiger partial charge is 0.507 e. The first-order valence-electron chi connectivity index (χ1n) is 5.50. The van der Waals surface area contributed by atoms with Gasteiger partial charge in [0.05, 0.1) is 12.4 Å². The summed E-state index contributed by atoms with van der Waals surface area (Å²) in [5.41, 5.74) is 1.04. The standard InChI is InChI=1S/C14H11ClN2O2/c15-12-5-6-14(19)11(7-12)9-17-16-8-10-3-1-2-4-13(10)18/h1-9,18-19H/b16-8-,17-9+. The summed E-state index contributed by atoms with van der Waals surface area (Å²) in [6, 6.07) is 11.4. The van der Waals surface area contributed by atoms with Crippen LogP contribution in [0.25, 0.3) is 0 Å². The minimum atomic E-state index is 0.0749. The second kappa shape index (κ2) is 6.02. The Morgan fingerprint density at radius 2 is 1.47 bits per heavy atom. The van der Waals surface area contributed by atoms with Crippen molar-refractivity contribution >= 4 is 24.0 Å². The minimum Gasteiger partial charge on any atom is -0.507 e. The first-order chi connectivity index (χ1) is 9.16. The molecule has 0 atom stereocenters. The van der Waals surface area contributed by atoms with E-state index in [0.717, 1.165) is 0 Å². The molecule has 0 saturated heterocycles. The van der Waals surface area contributed by atoms with Crippen LogP contribution in [0.2, 0.25) is 5.02 Å². The predicted molar refractivity (Wildman–Crippen MR) is 76.4 cm³/mol. The van der Waals surface area contributed by atoms with Crippen LogP contribution in [-0.4, -0.2) is 22.6 Å². The van der Waals surface area contributed by atoms with Crippen molar-refractivity contribution in [3.8, 4) is 11.5 Å². The van der Waals surface area contributed by atoms with E-state index < -0.39 is 0 Å². The maximum absolute atomic E-state index is 9.55. The lowest BCUT2D eigenvalue weighted by Crippen LogP contribution is -1.83. The summed E-state index contributed by atoms with van der Waals surface area (Å²) in [5, 5.41) is 27.2. The van der Waals surface area contributed by atoms with Gasteiger partial charge in [-0.05, 0) is 30.3 Å². The molecule has 2 aromatic carbocycles. The number of nitrogens with zero attached hydrogens (tertiary/aromatic N) is 2. The molecule has 2 rings (SSSR count). The number of hydrogen-bond donors (Lipinski definition) is 2. The van der Waals surface area contributed by atoms with Crippen molar-refractivity contribution in [1.82, 2.24) is 0 Å². The third-order valence-electron chi connectivity index (χ3n) is 2.39. The average molecular weight is 275 g/mol. The van der Waals surface area contributed by atoms with E-state index in [-0.39, 0.29) is 11.5 Å². The van der Waals surface area contributed by atoms with Gasteiger partial charge in [0, 0.05) is 16.1 Å². The number of hydrogen-bond acceptors (Lipinski definition) is 4. The highest BCUT2D eigenvalue weighted by molar-refractivity contribution is 6.30. The number of benzene rings is 2. The van der Waals surface area contributed by atoms with Crippen molar-refractivity contribution in [3.05, 3.63) is 58.6 Å². The van der Waals surface area contributed by atoms with Gasteiger partial charge >= 0.3 is 0 Å². The topological polar surface area (TPSA) is 65.2 Å². The van der Waals surface area contributed by atoms with Crippen LogP contribution in [0.15, 0.2) is 52.7 Å². The molecular formula is C14H11ClN2O2. The number of rotatable bonds is 3. The van der Waals surface area contributed by atoms with Crippen molar-refractivity contribution in [3.63, 3.8) is 0 Å². The zero-order valence-electron chi connectivity index (χ0n) is 9.86. The first-order valence-corrected chi connectivity index (χ1v) is 5.87. The summed E-state index contributed by atoms with van der Waals surface area (Å²) >= 11 is 5.80. The van der Waals surface area contributed by atoms with E-state index in [1.54, 1.807) is 36.4 Å². The SMILES string of the molecule is Oc1ccccc1/C=N\N=C\c1cc(Cl)ccc1O.